The summed E-state index contributed by atoms with van der Waals surface area (Å²) in [5.41, 5.74) is 1.22. The molecule has 5 heteroatoms. The van der Waals surface area contributed by atoms with Crippen LogP contribution < -0.4 is 5.32 Å². The van der Waals surface area contributed by atoms with Crippen molar-refractivity contribution in [3.05, 3.63) is 52.7 Å². The second-order valence-corrected chi connectivity index (χ2v) is 4.00. The number of carbonyl (C=O) groups is 1. The molecular formula is C12H11ClN2O2. The minimum absolute atomic E-state index is 0.262. The summed E-state index contributed by atoms with van der Waals surface area (Å²) in [5.74, 6) is 0.208. The lowest BCUT2D eigenvalue weighted by Crippen LogP contribution is -2.23. The van der Waals surface area contributed by atoms with Crippen LogP contribution in [0.25, 0.3) is 0 Å². The standard InChI is InChI=1S/C12H11ClN2O2/c1-8-15-11(7-17-8)12(16)14-6-9-3-2-4-10(13)5-9/h2-5,7H,6H2,1H3,(H,14,16). The summed E-state index contributed by atoms with van der Waals surface area (Å²) in [6.07, 6.45) is 1.34. The molecule has 0 atom stereocenters. The molecule has 1 aromatic carbocycles. The number of oxazole rings is 1. The molecule has 0 aliphatic heterocycles. The third-order valence-corrected chi connectivity index (χ3v) is 2.43. The Hall–Kier alpha value is -1.81. The summed E-state index contributed by atoms with van der Waals surface area (Å²) in [6.45, 7) is 2.10. The third-order valence-electron chi connectivity index (χ3n) is 2.19. The van der Waals surface area contributed by atoms with Crippen LogP contribution >= 0.6 is 11.6 Å². The van der Waals surface area contributed by atoms with Gasteiger partial charge >= 0.3 is 0 Å². The summed E-state index contributed by atoms with van der Waals surface area (Å²) in [5, 5.41) is 3.38. The highest BCUT2D eigenvalue weighted by atomic mass is 35.5. The van der Waals surface area contributed by atoms with Gasteiger partial charge in [0.05, 0.1) is 0 Å². The molecule has 17 heavy (non-hydrogen) atoms. The van der Waals surface area contributed by atoms with Crippen LogP contribution in [0.1, 0.15) is 21.9 Å². The van der Waals surface area contributed by atoms with E-state index in [0.717, 1.165) is 5.56 Å². The second-order valence-electron chi connectivity index (χ2n) is 3.56. The van der Waals surface area contributed by atoms with Gasteiger partial charge in [-0.05, 0) is 17.7 Å². The van der Waals surface area contributed by atoms with Gasteiger partial charge in [0.15, 0.2) is 11.6 Å². The quantitative estimate of drug-likeness (QED) is 0.911. The van der Waals surface area contributed by atoms with Crippen molar-refractivity contribution in [2.45, 2.75) is 13.5 Å². The molecule has 0 radical (unpaired) electrons. The molecule has 0 aliphatic carbocycles. The van der Waals surface area contributed by atoms with Crippen molar-refractivity contribution in [1.29, 1.82) is 0 Å². The molecule has 0 fully saturated rings. The Labute approximate surface area is 104 Å². The first-order valence-corrected chi connectivity index (χ1v) is 5.48. The minimum atomic E-state index is -0.262. The molecule has 2 rings (SSSR count). The van der Waals surface area contributed by atoms with Gasteiger partial charge in [-0.25, -0.2) is 4.98 Å². The van der Waals surface area contributed by atoms with Crippen LogP contribution in [-0.4, -0.2) is 10.9 Å². The zero-order valence-electron chi connectivity index (χ0n) is 9.24. The van der Waals surface area contributed by atoms with E-state index in [4.69, 9.17) is 16.0 Å². The number of aromatic nitrogens is 1. The first kappa shape index (κ1) is 11.7. The highest BCUT2D eigenvalue weighted by Crippen LogP contribution is 2.10. The van der Waals surface area contributed by atoms with Crippen LogP contribution in [0.4, 0.5) is 0 Å². The molecule has 1 N–H and O–H groups in total. The lowest BCUT2D eigenvalue weighted by molar-refractivity contribution is 0.0946. The van der Waals surface area contributed by atoms with Gasteiger partial charge in [-0.2, -0.15) is 0 Å². The third kappa shape index (κ3) is 3.07. The Bertz CT molecular complexity index is 537. The number of hydrogen-bond acceptors (Lipinski definition) is 3. The maximum Gasteiger partial charge on any atom is 0.273 e. The molecule has 1 amide bonds. The van der Waals surface area contributed by atoms with E-state index in [1.165, 1.54) is 6.26 Å². The van der Waals surface area contributed by atoms with E-state index in [2.05, 4.69) is 10.3 Å². The largest absolute Gasteiger partial charge is 0.448 e. The Morgan fingerprint density at radius 1 is 1.53 bits per heavy atom. The van der Waals surface area contributed by atoms with Gasteiger partial charge in [-0.1, -0.05) is 23.7 Å². The molecule has 0 bridgehead atoms. The van der Waals surface area contributed by atoms with E-state index in [1.807, 2.05) is 12.1 Å². The predicted octanol–water partition coefficient (Wildman–Crippen LogP) is 2.57. The molecule has 88 valence electrons. The number of hydrogen-bond donors (Lipinski definition) is 1. The Balaban J connectivity index is 1.97. The maximum atomic E-state index is 11.6. The van der Waals surface area contributed by atoms with Crippen LogP contribution in [0.3, 0.4) is 0 Å². The molecule has 0 aliphatic rings. The summed E-state index contributed by atoms with van der Waals surface area (Å²) < 4.78 is 4.96. The summed E-state index contributed by atoms with van der Waals surface area (Å²) in [4.78, 5) is 15.6. The average molecular weight is 251 g/mol. The number of nitrogens with one attached hydrogen (secondary N) is 1. The predicted molar refractivity (Wildman–Crippen MR) is 63.9 cm³/mol. The van der Waals surface area contributed by atoms with Gasteiger partial charge in [0.1, 0.15) is 6.26 Å². The van der Waals surface area contributed by atoms with Crippen molar-refractivity contribution in [3.8, 4) is 0 Å². The monoisotopic (exact) mass is 250 g/mol. The van der Waals surface area contributed by atoms with Crippen LogP contribution in [-0.2, 0) is 6.54 Å². The minimum Gasteiger partial charge on any atom is -0.448 e. The highest BCUT2D eigenvalue weighted by molar-refractivity contribution is 6.30. The number of amides is 1. The van der Waals surface area contributed by atoms with Crippen LogP contribution in [0.2, 0.25) is 5.02 Å². The van der Waals surface area contributed by atoms with E-state index in [9.17, 15) is 4.79 Å². The van der Waals surface area contributed by atoms with Gasteiger partial charge in [0.25, 0.3) is 5.91 Å². The molecular weight excluding hydrogens is 240 g/mol. The normalized spacial score (nSPS) is 10.2. The lowest BCUT2D eigenvalue weighted by atomic mass is 10.2. The Morgan fingerprint density at radius 3 is 3.00 bits per heavy atom. The fraction of sp³-hybridized carbons (Fsp3) is 0.167. The van der Waals surface area contributed by atoms with Crippen molar-refractivity contribution in [2.75, 3.05) is 0 Å². The SMILES string of the molecule is Cc1nc(C(=O)NCc2cccc(Cl)c2)co1. The van der Waals surface area contributed by atoms with E-state index in [-0.39, 0.29) is 11.6 Å². The van der Waals surface area contributed by atoms with Crippen molar-refractivity contribution in [2.24, 2.45) is 0 Å². The van der Waals surface area contributed by atoms with Gasteiger partial charge in [0.2, 0.25) is 0 Å². The first-order valence-electron chi connectivity index (χ1n) is 5.10. The average Bonchev–Trinajstić information content (AvgIpc) is 2.73. The lowest BCUT2D eigenvalue weighted by Gasteiger charge is -2.03. The van der Waals surface area contributed by atoms with Crippen LogP contribution in [0.5, 0.6) is 0 Å². The fourth-order valence-electron chi connectivity index (χ4n) is 1.39. The highest BCUT2D eigenvalue weighted by Gasteiger charge is 2.09. The number of benzene rings is 1. The molecule has 1 aromatic heterocycles. The maximum absolute atomic E-state index is 11.6. The molecule has 2 aromatic rings. The molecule has 0 saturated carbocycles. The van der Waals surface area contributed by atoms with Gasteiger partial charge in [-0.3, -0.25) is 4.79 Å². The van der Waals surface area contributed by atoms with Crippen molar-refractivity contribution >= 4 is 17.5 Å². The van der Waals surface area contributed by atoms with Crippen LogP contribution in [0.15, 0.2) is 34.9 Å². The van der Waals surface area contributed by atoms with Gasteiger partial charge < -0.3 is 9.73 Å². The van der Waals surface area contributed by atoms with Crippen LogP contribution in [0, 0.1) is 6.92 Å². The zero-order valence-corrected chi connectivity index (χ0v) is 9.99. The van der Waals surface area contributed by atoms with Crippen molar-refractivity contribution < 1.29 is 9.21 Å². The first-order chi connectivity index (χ1) is 8.15. The number of rotatable bonds is 3. The Morgan fingerprint density at radius 2 is 2.35 bits per heavy atom. The molecule has 4 nitrogen and oxygen atoms in total. The number of carbonyl (C=O) groups excluding carboxylic acids is 1. The fourth-order valence-corrected chi connectivity index (χ4v) is 1.60. The Kier molecular flexibility index (Phi) is 3.44. The molecule has 0 spiro atoms. The number of halogens is 1. The topological polar surface area (TPSA) is 55.1 Å². The number of nitrogens with zero attached hydrogens (tertiary/aromatic N) is 1. The van der Waals surface area contributed by atoms with E-state index in [0.29, 0.717) is 17.5 Å². The summed E-state index contributed by atoms with van der Waals surface area (Å²) in [6, 6.07) is 7.31. The smallest absolute Gasteiger partial charge is 0.273 e. The van der Waals surface area contributed by atoms with Crippen molar-refractivity contribution in [1.82, 2.24) is 10.3 Å². The van der Waals surface area contributed by atoms with Crippen molar-refractivity contribution in [3.63, 3.8) is 0 Å². The summed E-state index contributed by atoms with van der Waals surface area (Å²) in [7, 11) is 0. The van der Waals surface area contributed by atoms with Gasteiger partial charge in [-0.15, -0.1) is 0 Å². The zero-order chi connectivity index (χ0) is 12.3. The summed E-state index contributed by atoms with van der Waals surface area (Å²) >= 11 is 5.84. The number of aryl methyl sites for hydroxylation is 1. The molecule has 0 unspecified atom stereocenters. The van der Waals surface area contributed by atoms with Gasteiger partial charge in [0, 0.05) is 18.5 Å². The molecule has 0 saturated heterocycles. The van der Waals surface area contributed by atoms with E-state index >= 15 is 0 Å². The molecule has 1 heterocycles. The van der Waals surface area contributed by atoms with E-state index < -0.39 is 0 Å². The van der Waals surface area contributed by atoms with E-state index in [1.54, 1.807) is 19.1 Å². The second kappa shape index (κ2) is 5.01.